The van der Waals surface area contributed by atoms with Crippen LogP contribution in [0.5, 0.6) is 0 Å². The Labute approximate surface area is 149 Å². The predicted octanol–water partition coefficient (Wildman–Crippen LogP) is 4.91. The lowest BCUT2D eigenvalue weighted by Crippen LogP contribution is -2.11. The number of hydrogen-bond donors (Lipinski definition) is 1. The van der Waals surface area contributed by atoms with Crippen LogP contribution in [-0.4, -0.2) is 20.9 Å². The summed E-state index contributed by atoms with van der Waals surface area (Å²) in [6, 6.07) is 14.4. The van der Waals surface area contributed by atoms with Crippen LogP contribution in [0.4, 0.5) is 0 Å². The number of carboxylic acids is 1. The molecule has 0 fully saturated rings. The summed E-state index contributed by atoms with van der Waals surface area (Å²) in [4.78, 5) is 11.5. The van der Waals surface area contributed by atoms with Gasteiger partial charge in [0.15, 0.2) is 0 Å². The van der Waals surface area contributed by atoms with Crippen molar-refractivity contribution < 1.29 is 9.90 Å². The molecule has 3 rings (SSSR count). The monoisotopic (exact) mass is 360 g/mol. The van der Waals surface area contributed by atoms with E-state index in [1.807, 2.05) is 31.2 Å². The molecular weight excluding hydrogens is 347 g/mol. The number of carboxylic acid groups (broad SMARTS) is 1. The van der Waals surface area contributed by atoms with Crippen LogP contribution in [0, 0.1) is 6.92 Å². The number of aromatic nitrogens is 2. The first-order chi connectivity index (χ1) is 11.4. The maximum atomic E-state index is 11.5. The van der Waals surface area contributed by atoms with Gasteiger partial charge < -0.3 is 5.11 Å². The van der Waals surface area contributed by atoms with Crippen LogP contribution in [0.3, 0.4) is 0 Å². The van der Waals surface area contributed by atoms with Crippen molar-refractivity contribution in [2.24, 2.45) is 0 Å². The molecule has 0 aliphatic heterocycles. The van der Waals surface area contributed by atoms with E-state index in [1.165, 1.54) is 4.68 Å². The van der Waals surface area contributed by atoms with Crippen LogP contribution in [-0.2, 0) is 6.54 Å². The average molecular weight is 361 g/mol. The number of aromatic carboxylic acids is 1. The summed E-state index contributed by atoms with van der Waals surface area (Å²) in [6.45, 7) is 2.25. The number of hydrogen-bond acceptors (Lipinski definition) is 2. The average Bonchev–Trinajstić information content (AvgIpc) is 2.95. The highest BCUT2D eigenvalue weighted by atomic mass is 35.5. The van der Waals surface area contributed by atoms with Crippen molar-refractivity contribution in [2.45, 2.75) is 13.5 Å². The molecule has 0 saturated heterocycles. The molecule has 0 bridgehead atoms. The molecule has 4 nitrogen and oxygen atoms in total. The van der Waals surface area contributed by atoms with E-state index in [4.69, 9.17) is 23.2 Å². The quantitative estimate of drug-likeness (QED) is 0.718. The SMILES string of the molecule is Cc1ccc(-c2cc(C(=O)O)n(Cc3ccc(Cl)cc3Cl)n2)cc1. The van der Waals surface area contributed by atoms with Crippen molar-refractivity contribution in [2.75, 3.05) is 0 Å². The standard InChI is InChI=1S/C18H14Cl2N2O2/c1-11-2-4-12(5-3-11)16-9-17(18(23)24)22(21-16)10-13-6-7-14(19)8-15(13)20/h2-9H,10H2,1H3,(H,23,24). The fourth-order valence-corrected chi connectivity index (χ4v) is 2.85. The summed E-state index contributed by atoms with van der Waals surface area (Å²) >= 11 is 12.1. The van der Waals surface area contributed by atoms with E-state index in [2.05, 4.69) is 5.10 Å². The normalized spacial score (nSPS) is 10.8. The van der Waals surface area contributed by atoms with E-state index in [9.17, 15) is 9.90 Å². The third kappa shape index (κ3) is 3.45. The lowest BCUT2D eigenvalue weighted by molar-refractivity contribution is 0.0684. The van der Waals surface area contributed by atoms with E-state index in [0.717, 1.165) is 16.7 Å². The Hall–Kier alpha value is -2.30. The van der Waals surface area contributed by atoms with Crippen molar-refractivity contribution in [1.29, 1.82) is 0 Å². The van der Waals surface area contributed by atoms with Gasteiger partial charge in [-0.3, -0.25) is 4.68 Å². The zero-order valence-corrected chi connectivity index (χ0v) is 14.3. The highest BCUT2D eigenvalue weighted by Crippen LogP contribution is 2.24. The molecule has 3 aromatic rings. The molecule has 0 saturated carbocycles. The van der Waals surface area contributed by atoms with E-state index in [-0.39, 0.29) is 12.2 Å². The van der Waals surface area contributed by atoms with Gasteiger partial charge in [-0.05, 0) is 30.7 Å². The second-order valence-electron chi connectivity index (χ2n) is 5.48. The van der Waals surface area contributed by atoms with Crippen molar-refractivity contribution in [3.8, 4) is 11.3 Å². The highest BCUT2D eigenvalue weighted by Gasteiger charge is 2.16. The lowest BCUT2D eigenvalue weighted by Gasteiger charge is -2.07. The van der Waals surface area contributed by atoms with Gasteiger partial charge in [0, 0.05) is 15.6 Å². The fourth-order valence-electron chi connectivity index (χ4n) is 2.39. The molecule has 0 unspecified atom stereocenters. The Morgan fingerprint density at radius 3 is 2.46 bits per heavy atom. The molecule has 2 aromatic carbocycles. The predicted molar refractivity (Wildman–Crippen MR) is 94.9 cm³/mol. The summed E-state index contributed by atoms with van der Waals surface area (Å²) < 4.78 is 1.44. The maximum absolute atomic E-state index is 11.5. The second kappa shape index (κ2) is 6.67. The van der Waals surface area contributed by atoms with Crippen LogP contribution in [0.15, 0.2) is 48.5 Å². The molecule has 0 aliphatic rings. The van der Waals surface area contributed by atoms with Gasteiger partial charge in [0.25, 0.3) is 0 Å². The Morgan fingerprint density at radius 1 is 1.12 bits per heavy atom. The number of aryl methyl sites for hydroxylation is 1. The first-order valence-electron chi connectivity index (χ1n) is 7.26. The number of rotatable bonds is 4. The molecule has 1 aromatic heterocycles. The van der Waals surface area contributed by atoms with Gasteiger partial charge in [0.2, 0.25) is 0 Å². The van der Waals surface area contributed by atoms with Gasteiger partial charge in [-0.15, -0.1) is 0 Å². The minimum absolute atomic E-state index is 0.108. The Bertz CT molecular complexity index is 902. The molecule has 0 amide bonds. The molecule has 1 heterocycles. The van der Waals surface area contributed by atoms with Gasteiger partial charge in [-0.1, -0.05) is 59.1 Å². The third-order valence-corrected chi connectivity index (χ3v) is 4.27. The highest BCUT2D eigenvalue weighted by molar-refractivity contribution is 6.35. The Morgan fingerprint density at radius 2 is 1.83 bits per heavy atom. The number of benzene rings is 2. The zero-order chi connectivity index (χ0) is 17.3. The number of carbonyl (C=O) groups is 1. The van der Waals surface area contributed by atoms with Gasteiger partial charge in [0.1, 0.15) is 5.69 Å². The Balaban J connectivity index is 2.00. The van der Waals surface area contributed by atoms with Crippen LogP contribution >= 0.6 is 23.2 Å². The number of halogens is 2. The zero-order valence-electron chi connectivity index (χ0n) is 12.8. The van der Waals surface area contributed by atoms with Gasteiger partial charge in [0.05, 0.1) is 12.2 Å². The second-order valence-corrected chi connectivity index (χ2v) is 6.32. The smallest absolute Gasteiger partial charge is 0.354 e. The lowest BCUT2D eigenvalue weighted by atomic mass is 10.1. The number of nitrogens with zero attached hydrogens (tertiary/aromatic N) is 2. The van der Waals surface area contributed by atoms with Crippen molar-refractivity contribution in [3.05, 3.63) is 75.4 Å². The molecule has 0 aliphatic carbocycles. The van der Waals surface area contributed by atoms with E-state index < -0.39 is 5.97 Å². The van der Waals surface area contributed by atoms with E-state index >= 15 is 0 Å². The van der Waals surface area contributed by atoms with Gasteiger partial charge >= 0.3 is 5.97 Å². The van der Waals surface area contributed by atoms with Crippen LogP contribution < -0.4 is 0 Å². The van der Waals surface area contributed by atoms with E-state index in [1.54, 1.807) is 24.3 Å². The van der Waals surface area contributed by atoms with Crippen molar-refractivity contribution in [3.63, 3.8) is 0 Å². The first kappa shape index (κ1) is 16.6. The minimum atomic E-state index is -1.04. The first-order valence-corrected chi connectivity index (χ1v) is 8.02. The summed E-state index contributed by atoms with van der Waals surface area (Å²) in [5.41, 5.74) is 3.46. The van der Waals surface area contributed by atoms with Gasteiger partial charge in [-0.2, -0.15) is 5.10 Å². The molecule has 0 atom stereocenters. The summed E-state index contributed by atoms with van der Waals surface area (Å²) in [6.07, 6.45) is 0. The summed E-state index contributed by atoms with van der Waals surface area (Å²) in [5, 5.41) is 14.9. The molecule has 122 valence electrons. The van der Waals surface area contributed by atoms with Crippen molar-refractivity contribution >= 4 is 29.2 Å². The molecular formula is C18H14Cl2N2O2. The summed E-state index contributed by atoms with van der Waals surface area (Å²) in [5.74, 6) is -1.04. The molecule has 0 radical (unpaired) electrons. The van der Waals surface area contributed by atoms with Crippen LogP contribution in [0.25, 0.3) is 11.3 Å². The fraction of sp³-hybridized carbons (Fsp3) is 0.111. The Kier molecular flexibility index (Phi) is 4.60. The molecule has 0 spiro atoms. The van der Waals surface area contributed by atoms with Gasteiger partial charge in [-0.25, -0.2) is 4.79 Å². The largest absolute Gasteiger partial charge is 0.477 e. The van der Waals surface area contributed by atoms with Crippen LogP contribution in [0.1, 0.15) is 21.6 Å². The minimum Gasteiger partial charge on any atom is -0.477 e. The van der Waals surface area contributed by atoms with E-state index in [0.29, 0.717) is 15.7 Å². The summed E-state index contributed by atoms with van der Waals surface area (Å²) in [7, 11) is 0. The van der Waals surface area contributed by atoms with Crippen LogP contribution in [0.2, 0.25) is 10.0 Å². The molecule has 1 N–H and O–H groups in total. The van der Waals surface area contributed by atoms with Crippen molar-refractivity contribution in [1.82, 2.24) is 9.78 Å². The molecule has 24 heavy (non-hydrogen) atoms. The third-order valence-electron chi connectivity index (χ3n) is 3.68. The topological polar surface area (TPSA) is 55.1 Å². The molecule has 6 heteroatoms. The maximum Gasteiger partial charge on any atom is 0.354 e.